The Morgan fingerprint density at radius 2 is 1.96 bits per heavy atom. The third kappa shape index (κ3) is 6.76. The van der Waals surface area contributed by atoms with Gasteiger partial charge in [-0.1, -0.05) is 12.1 Å². The zero-order valence-electron chi connectivity index (χ0n) is 17.9. The third-order valence-electron chi connectivity index (χ3n) is 4.06. The molecule has 0 radical (unpaired) electrons. The highest BCUT2D eigenvalue weighted by atomic mass is 16.5. The van der Waals surface area contributed by atoms with Crippen LogP contribution in [0.25, 0.3) is 0 Å². The van der Waals surface area contributed by atoms with Crippen molar-refractivity contribution in [1.29, 1.82) is 0 Å². The number of benzene rings is 1. The molecular weight excluding hydrogens is 350 g/mol. The average Bonchev–Trinajstić information content (AvgIpc) is 2.65. The molecule has 2 rings (SSSR count). The lowest BCUT2D eigenvalue weighted by Gasteiger charge is -2.17. The highest BCUT2D eigenvalue weighted by Crippen LogP contribution is 2.21. The van der Waals surface area contributed by atoms with Gasteiger partial charge in [0.2, 0.25) is 0 Å². The van der Waals surface area contributed by atoms with E-state index in [1.54, 1.807) is 0 Å². The van der Waals surface area contributed by atoms with E-state index in [1.165, 1.54) is 5.56 Å². The molecule has 0 aliphatic rings. The Balaban J connectivity index is 2.09. The maximum Gasteiger partial charge on any atom is 0.191 e. The average molecular weight is 384 g/mol. The molecule has 0 spiro atoms. The molecule has 0 bridgehead atoms. The molecule has 0 saturated heterocycles. The second-order valence-corrected chi connectivity index (χ2v) is 7.24. The summed E-state index contributed by atoms with van der Waals surface area (Å²) in [6.45, 7) is 10.3. The second kappa shape index (κ2) is 10.5. The summed E-state index contributed by atoms with van der Waals surface area (Å²) >= 11 is 0. The number of nitrogens with one attached hydrogen (secondary N) is 2. The van der Waals surface area contributed by atoms with Crippen LogP contribution >= 0.6 is 0 Å². The number of guanidine groups is 1. The number of aliphatic imine (C=N–C) groups is 1. The molecule has 0 aliphatic heterocycles. The molecule has 6 heteroatoms. The van der Waals surface area contributed by atoms with Gasteiger partial charge < -0.3 is 20.3 Å². The van der Waals surface area contributed by atoms with Crippen molar-refractivity contribution < 1.29 is 4.74 Å². The molecule has 0 atom stereocenters. The van der Waals surface area contributed by atoms with E-state index in [2.05, 4.69) is 53.7 Å². The molecule has 0 fully saturated rings. The molecule has 28 heavy (non-hydrogen) atoms. The van der Waals surface area contributed by atoms with E-state index in [-0.39, 0.29) is 6.10 Å². The minimum Gasteiger partial charge on any atom is -0.491 e. The molecule has 6 nitrogen and oxygen atoms in total. The molecule has 0 unspecified atom stereocenters. The largest absolute Gasteiger partial charge is 0.491 e. The molecule has 1 aromatic heterocycles. The maximum absolute atomic E-state index is 5.97. The lowest BCUT2D eigenvalue weighted by atomic mass is 10.1. The molecule has 2 aromatic rings. The lowest BCUT2D eigenvalue weighted by molar-refractivity contribution is 0.239. The number of rotatable bonds is 8. The molecule has 0 amide bonds. The topological polar surface area (TPSA) is 61.8 Å². The highest BCUT2D eigenvalue weighted by molar-refractivity contribution is 5.79. The van der Waals surface area contributed by atoms with Crippen LogP contribution in [0.1, 0.15) is 37.5 Å². The van der Waals surface area contributed by atoms with Crippen LogP contribution in [0.3, 0.4) is 0 Å². The van der Waals surface area contributed by atoms with Gasteiger partial charge in [0.25, 0.3) is 0 Å². The van der Waals surface area contributed by atoms with Gasteiger partial charge >= 0.3 is 0 Å². The SMILES string of the molecule is CCNC(=NCc1ccnc(N(C)C)c1)NCc1ccc(C)cc1OC(C)C. The normalized spacial score (nSPS) is 11.5. The van der Waals surface area contributed by atoms with Gasteiger partial charge in [0.1, 0.15) is 11.6 Å². The Morgan fingerprint density at radius 1 is 1.18 bits per heavy atom. The monoisotopic (exact) mass is 383 g/mol. The van der Waals surface area contributed by atoms with Crippen molar-refractivity contribution in [2.45, 2.75) is 46.9 Å². The van der Waals surface area contributed by atoms with Gasteiger partial charge in [-0.3, -0.25) is 0 Å². The van der Waals surface area contributed by atoms with Crippen LogP contribution in [0.15, 0.2) is 41.5 Å². The van der Waals surface area contributed by atoms with Crippen molar-refractivity contribution in [1.82, 2.24) is 15.6 Å². The van der Waals surface area contributed by atoms with Crippen LogP contribution in [0.4, 0.5) is 5.82 Å². The van der Waals surface area contributed by atoms with Crippen LogP contribution in [0.5, 0.6) is 5.75 Å². The summed E-state index contributed by atoms with van der Waals surface area (Å²) in [7, 11) is 3.97. The molecular formula is C22H33N5O. The van der Waals surface area contributed by atoms with Crippen LogP contribution in [0, 0.1) is 6.92 Å². The fourth-order valence-electron chi connectivity index (χ4n) is 2.67. The summed E-state index contributed by atoms with van der Waals surface area (Å²) in [5.41, 5.74) is 3.42. The van der Waals surface area contributed by atoms with E-state index in [1.807, 2.05) is 45.1 Å². The second-order valence-electron chi connectivity index (χ2n) is 7.24. The number of aryl methyl sites for hydroxylation is 1. The zero-order valence-corrected chi connectivity index (χ0v) is 17.9. The number of aromatic nitrogens is 1. The zero-order chi connectivity index (χ0) is 20.5. The van der Waals surface area contributed by atoms with Crippen molar-refractivity contribution in [3.05, 3.63) is 53.2 Å². The Morgan fingerprint density at radius 3 is 2.64 bits per heavy atom. The van der Waals surface area contributed by atoms with E-state index in [9.17, 15) is 0 Å². The number of ether oxygens (including phenoxy) is 1. The van der Waals surface area contributed by atoms with Crippen molar-refractivity contribution >= 4 is 11.8 Å². The van der Waals surface area contributed by atoms with E-state index in [4.69, 9.17) is 9.73 Å². The van der Waals surface area contributed by atoms with Crippen LogP contribution in [-0.2, 0) is 13.1 Å². The number of pyridine rings is 1. The first-order chi connectivity index (χ1) is 13.4. The van der Waals surface area contributed by atoms with Gasteiger partial charge in [-0.15, -0.1) is 0 Å². The minimum atomic E-state index is 0.139. The fourth-order valence-corrected chi connectivity index (χ4v) is 2.67. The molecule has 1 aromatic carbocycles. The maximum atomic E-state index is 5.97. The van der Waals surface area contributed by atoms with Crippen LogP contribution in [0.2, 0.25) is 0 Å². The Bertz CT molecular complexity index is 786. The van der Waals surface area contributed by atoms with Crippen LogP contribution < -0.4 is 20.3 Å². The Kier molecular flexibility index (Phi) is 8.11. The Hall–Kier alpha value is -2.76. The number of hydrogen-bond donors (Lipinski definition) is 2. The van der Waals surface area contributed by atoms with Gasteiger partial charge in [0, 0.05) is 38.9 Å². The van der Waals surface area contributed by atoms with Crippen molar-refractivity contribution in [2.75, 3.05) is 25.5 Å². The molecule has 0 saturated carbocycles. The summed E-state index contributed by atoms with van der Waals surface area (Å²) in [5, 5.41) is 6.71. The molecule has 2 N–H and O–H groups in total. The highest BCUT2D eigenvalue weighted by Gasteiger charge is 2.08. The molecule has 0 aliphatic carbocycles. The van der Waals surface area contributed by atoms with E-state index in [0.29, 0.717) is 13.1 Å². The first-order valence-corrected chi connectivity index (χ1v) is 9.79. The van der Waals surface area contributed by atoms with Gasteiger partial charge in [-0.05, 0) is 57.0 Å². The summed E-state index contributed by atoms with van der Waals surface area (Å²) in [4.78, 5) is 11.1. The number of nitrogens with zero attached hydrogens (tertiary/aromatic N) is 3. The summed E-state index contributed by atoms with van der Waals surface area (Å²) in [5.74, 6) is 2.63. The summed E-state index contributed by atoms with van der Waals surface area (Å²) in [6, 6.07) is 10.3. The number of hydrogen-bond acceptors (Lipinski definition) is 4. The van der Waals surface area contributed by atoms with Gasteiger partial charge in [0.05, 0.1) is 12.6 Å². The van der Waals surface area contributed by atoms with Crippen LogP contribution in [-0.4, -0.2) is 37.7 Å². The molecule has 152 valence electrons. The summed E-state index contributed by atoms with van der Waals surface area (Å²) in [6.07, 6.45) is 1.96. The molecule has 1 heterocycles. The van der Waals surface area contributed by atoms with Gasteiger partial charge in [0.15, 0.2) is 5.96 Å². The predicted molar refractivity (Wildman–Crippen MR) is 117 cm³/mol. The quantitative estimate of drug-likeness (QED) is 0.540. The number of anilines is 1. The van der Waals surface area contributed by atoms with E-state index in [0.717, 1.165) is 35.2 Å². The smallest absolute Gasteiger partial charge is 0.191 e. The predicted octanol–water partition coefficient (Wildman–Crippen LogP) is 3.50. The first-order valence-electron chi connectivity index (χ1n) is 9.79. The van der Waals surface area contributed by atoms with E-state index >= 15 is 0 Å². The van der Waals surface area contributed by atoms with Gasteiger partial charge in [-0.2, -0.15) is 0 Å². The van der Waals surface area contributed by atoms with Gasteiger partial charge in [-0.25, -0.2) is 9.98 Å². The van der Waals surface area contributed by atoms with Crippen molar-refractivity contribution in [2.24, 2.45) is 4.99 Å². The Labute approximate surface area is 169 Å². The first kappa shape index (κ1) is 21.5. The third-order valence-corrected chi connectivity index (χ3v) is 4.06. The fraction of sp³-hybridized carbons (Fsp3) is 0.455. The minimum absolute atomic E-state index is 0.139. The van der Waals surface area contributed by atoms with E-state index < -0.39 is 0 Å². The summed E-state index contributed by atoms with van der Waals surface area (Å²) < 4.78 is 5.97. The van der Waals surface area contributed by atoms with Crippen molar-refractivity contribution in [3.8, 4) is 5.75 Å². The van der Waals surface area contributed by atoms with Crippen molar-refractivity contribution in [3.63, 3.8) is 0 Å². The lowest BCUT2D eigenvalue weighted by Crippen LogP contribution is -2.36. The standard InChI is InChI=1S/C22H33N5O/c1-7-23-22(25-14-18-10-11-24-21(13-18)27(5)6)26-15-19-9-8-17(4)12-20(19)28-16(2)3/h8-13,16H,7,14-15H2,1-6H3,(H2,23,25,26).